The molecule has 1 aromatic rings. The molecule has 5 heteroatoms. The molecule has 1 aliphatic rings. The summed E-state index contributed by atoms with van der Waals surface area (Å²) in [6.07, 6.45) is 0.211. The minimum atomic E-state index is -0.169. The Bertz CT molecular complexity index is 481. The van der Waals surface area contributed by atoms with Crippen molar-refractivity contribution in [1.29, 1.82) is 0 Å². The SMILES string of the molecule is COC(CN)CC(=O)N1CCN(Cc2ccccc2C)CC1. The molecule has 0 radical (unpaired) electrons. The Balaban J connectivity index is 1.80. The predicted octanol–water partition coefficient (Wildman–Crippen LogP) is 1.00. The van der Waals surface area contributed by atoms with E-state index in [4.69, 9.17) is 10.5 Å². The Morgan fingerprint density at radius 2 is 1.95 bits per heavy atom. The maximum Gasteiger partial charge on any atom is 0.225 e. The molecule has 0 saturated carbocycles. The van der Waals surface area contributed by atoms with Gasteiger partial charge < -0.3 is 15.4 Å². The highest BCUT2D eigenvalue weighted by Gasteiger charge is 2.23. The molecule has 5 nitrogen and oxygen atoms in total. The van der Waals surface area contributed by atoms with E-state index in [1.165, 1.54) is 11.1 Å². The van der Waals surface area contributed by atoms with Crippen molar-refractivity contribution in [2.24, 2.45) is 5.73 Å². The first-order valence-electron chi connectivity index (χ1n) is 7.91. The van der Waals surface area contributed by atoms with E-state index in [0.717, 1.165) is 32.7 Å². The molecule has 1 aliphatic heterocycles. The number of amides is 1. The molecule has 1 atom stereocenters. The van der Waals surface area contributed by atoms with Crippen molar-refractivity contribution in [2.45, 2.75) is 26.0 Å². The van der Waals surface area contributed by atoms with Gasteiger partial charge in [0.2, 0.25) is 5.91 Å². The van der Waals surface area contributed by atoms with Gasteiger partial charge >= 0.3 is 0 Å². The van der Waals surface area contributed by atoms with Crippen LogP contribution in [0.4, 0.5) is 0 Å². The van der Waals surface area contributed by atoms with Gasteiger partial charge in [0, 0.05) is 46.4 Å². The molecule has 1 fully saturated rings. The summed E-state index contributed by atoms with van der Waals surface area (Å²) in [4.78, 5) is 16.5. The van der Waals surface area contributed by atoms with Gasteiger partial charge in [0.05, 0.1) is 12.5 Å². The average molecular weight is 305 g/mol. The molecular weight excluding hydrogens is 278 g/mol. The van der Waals surface area contributed by atoms with Gasteiger partial charge in [-0.1, -0.05) is 24.3 Å². The zero-order valence-electron chi connectivity index (χ0n) is 13.6. The third kappa shape index (κ3) is 4.53. The number of piperazine rings is 1. The third-order valence-electron chi connectivity index (χ3n) is 4.38. The third-order valence-corrected chi connectivity index (χ3v) is 4.38. The molecule has 122 valence electrons. The number of methoxy groups -OCH3 is 1. The second kappa shape index (κ2) is 8.27. The van der Waals surface area contributed by atoms with Crippen LogP contribution in [-0.2, 0) is 16.1 Å². The van der Waals surface area contributed by atoms with Crippen molar-refractivity contribution in [3.8, 4) is 0 Å². The summed E-state index contributed by atoms with van der Waals surface area (Å²) >= 11 is 0. The molecule has 1 heterocycles. The number of nitrogens with zero attached hydrogens (tertiary/aromatic N) is 2. The number of benzene rings is 1. The fraction of sp³-hybridized carbons (Fsp3) is 0.588. The van der Waals surface area contributed by atoms with Crippen LogP contribution >= 0.6 is 0 Å². The fourth-order valence-electron chi connectivity index (χ4n) is 2.77. The normalized spacial score (nSPS) is 17.5. The standard InChI is InChI=1S/C17H27N3O2/c1-14-5-3-4-6-15(14)13-19-7-9-20(10-8-19)17(21)11-16(12-18)22-2/h3-6,16H,7-13,18H2,1-2H3. The van der Waals surface area contributed by atoms with Gasteiger partial charge in [0.1, 0.15) is 0 Å². The summed E-state index contributed by atoms with van der Waals surface area (Å²) in [7, 11) is 1.60. The van der Waals surface area contributed by atoms with Gasteiger partial charge in [-0.2, -0.15) is 0 Å². The van der Waals surface area contributed by atoms with Crippen LogP contribution in [0.5, 0.6) is 0 Å². The lowest BCUT2D eigenvalue weighted by Gasteiger charge is -2.35. The quantitative estimate of drug-likeness (QED) is 0.852. The van der Waals surface area contributed by atoms with Crippen LogP contribution in [-0.4, -0.2) is 61.6 Å². The molecule has 1 aromatic carbocycles. The van der Waals surface area contributed by atoms with Crippen molar-refractivity contribution in [3.05, 3.63) is 35.4 Å². The summed E-state index contributed by atoms with van der Waals surface area (Å²) in [5.74, 6) is 0.146. The van der Waals surface area contributed by atoms with E-state index >= 15 is 0 Å². The summed E-state index contributed by atoms with van der Waals surface area (Å²) in [6, 6.07) is 8.48. The van der Waals surface area contributed by atoms with Gasteiger partial charge in [0.15, 0.2) is 0 Å². The molecule has 0 aromatic heterocycles. The van der Waals surface area contributed by atoms with E-state index < -0.39 is 0 Å². The van der Waals surface area contributed by atoms with Gasteiger partial charge in [-0.05, 0) is 18.1 Å². The Labute approximate surface area is 133 Å². The molecular formula is C17H27N3O2. The smallest absolute Gasteiger partial charge is 0.225 e. The highest BCUT2D eigenvalue weighted by molar-refractivity contribution is 5.76. The molecule has 1 saturated heterocycles. The summed E-state index contributed by atoms with van der Waals surface area (Å²) in [5.41, 5.74) is 8.27. The largest absolute Gasteiger partial charge is 0.380 e. The van der Waals surface area contributed by atoms with Crippen LogP contribution in [0.2, 0.25) is 0 Å². The first kappa shape index (κ1) is 16.9. The van der Waals surface area contributed by atoms with E-state index in [-0.39, 0.29) is 12.0 Å². The zero-order valence-corrected chi connectivity index (χ0v) is 13.6. The average Bonchev–Trinajstić information content (AvgIpc) is 2.55. The molecule has 2 rings (SSSR count). The summed E-state index contributed by atoms with van der Waals surface area (Å²) < 4.78 is 5.19. The number of hydrogen-bond acceptors (Lipinski definition) is 4. The molecule has 1 amide bonds. The number of hydrogen-bond donors (Lipinski definition) is 1. The Hall–Kier alpha value is -1.43. The predicted molar refractivity (Wildman–Crippen MR) is 87.5 cm³/mol. The lowest BCUT2D eigenvalue weighted by molar-refractivity contribution is -0.135. The van der Waals surface area contributed by atoms with Crippen LogP contribution in [0.1, 0.15) is 17.5 Å². The van der Waals surface area contributed by atoms with Crippen LogP contribution < -0.4 is 5.73 Å². The molecule has 1 unspecified atom stereocenters. The summed E-state index contributed by atoms with van der Waals surface area (Å²) in [5, 5.41) is 0. The van der Waals surface area contributed by atoms with Crippen molar-refractivity contribution < 1.29 is 9.53 Å². The number of rotatable bonds is 6. The lowest BCUT2D eigenvalue weighted by Crippen LogP contribution is -2.49. The van der Waals surface area contributed by atoms with E-state index in [1.54, 1.807) is 7.11 Å². The number of aryl methyl sites for hydroxylation is 1. The fourth-order valence-corrected chi connectivity index (χ4v) is 2.77. The van der Waals surface area contributed by atoms with Crippen molar-refractivity contribution in [2.75, 3.05) is 39.8 Å². The van der Waals surface area contributed by atoms with Gasteiger partial charge in [-0.3, -0.25) is 9.69 Å². The van der Waals surface area contributed by atoms with Gasteiger partial charge in [-0.15, -0.1) is 0 Å². The van der Waals surface area contributed by atoms with Gasteiger partial charge in [-0.25, -0.2) is 0 Å². The second-order valence-corrected chi connectivity index (χ2v) is 5.88. The van der Waals surface area contributed by atoms with Crippen LogP contribution in [0.15, 0.2) is 24.3 Å². The van der Waals surface area contributed by atoms with Crippen LogP contribution in [0.3, 0.4) is 0 Å². The highest BCUT2D eigenvalue weighted by atomic mass is 16.5. The summed E-state index contributed by atoms with van der Waals surface area (Å²) in [6.45, 7) is 6.89. The zero-order chi connectivity index (χ0) is 15.9. The maximum atomic E-state index is 12.2. The molecule has 0 aliphatic carbocycles. The Kier molecular flexibility index (Phi) is 6.36. The number of nitrogens with two attached hydrogens (primary N) is 1. The first-order valence-corrected chi connectivity index (χ1v) is 7.91. The van der Waals surface area contributed by atoms with Crippen LogP contribution in [0, 0.1) is 6.92 Å². The highest BCUT2D eigenvalue weighted by Crippen LogP contribution is 2.13. The van der Waals surface area contributed by atoms with E-state index in [2.05, 4.69) is 36.1 Å². The minimum Gasteiger partial charge on any atom is -0.380 e. The molecule has 22 heavy (non-hydrogen) atoms. The minimum absolute atomic E-state index is 0.146. The number of carbonyl (C=O) groups excluding carboxylic acids is 1. The van der Waals surface area contributed by atoms with Gasteiger partial charge in [0.25, 0.3) is 0 Å². The number of ether oxygens (including phenoxy) is 1. The van der Waals surface area contributed by atoms with E-state index in [0.29, 0.717) is 13.0 Å². The number of carbonyl (C=O) groups is 1. The van der Waals surface area contributed by atoms with E-state index in [9.17, 15) is 4.79 Å². The monoisotopic (exact) mass is 305 g/mol. The second-order valence-electron chi connectivity index (χ2n) is 5.88. The first-order chi connectivity index (χ1) is 10.6. The molecule has 2 N–H and O–H groups in total. The van der Waals surface area contributed by atoms with Crippen molar-refractivity contribution >= 4 is 5.91 Å². The van der Waals surface area contributed by atoms with Crippen molar-refractivity contribution in [3.63, 3.8) is 0 Å². The topological polar surface area (TPSA) is 58.8 Å². The lowest BCUT2D eigenvalue weighted by atomic mass is 10.1. The molecule has 0 bridgehead atoms. The van der Waals surface area contributed by atoms with E-state index in [1.807, 2.05) is 4.90 Å². The van der Waals surface area contributed by atoms with Crippen LogP contribution in [0.25, 0.3) is 0 Å². The Morgan fingerprint density at radius 3 is 2.55 bits per heavy atom. The van der Waals surface area contributed by atoms with Crippen molar-refractivity contribution in [1.82, 2.24) is 9.80 Å². The molecule has 0 spiro atoms. The Morgan fingerprint density at radius 1 is 1.27 bits per heavy atom. The maximum absolute atomic E-state index is 12.2.